The molecule has 0 aromatic rings. The summed E-state index contributed by atoms with van der Waals surface area (Å²) in [7, 11) is 0. The average molecular weight is 164 g/mol. The first-order valence-electron chi connectivity index (χ1n) is 4.44. The fraction of sp³-hybridized carbons (Fsp3) is 0.545. The lowest BCUT2D eigenvalue weighted by molar-refractivity contribution is -0.105. The fourth-order valence-corrected chi connectivity index (χ4v) is 1.83. The third-order valence-electron chi connectivity index (χ3n) is 2.62. The highest BCUT2D eigenvalue weighted by atomic mass is 16.1. The Hall–Kier alpha value is -0.850. The van der Waals surface area contributed by atoms with Crippen molar-refractivity contribution in [3.63, 3.8) is 0 Å². The molecule has 1 nitrogen and oxygen atoms in total. The molecule has 0 aromatic heterocycles. The number of aldehydes is 1. The van der Waals surface area contributed by atoms with E-state index in [1.165, 1.54) is 11.1 Å². The normalized spacial score (nSPS) is 23.0. The van der Waals surface area contributed by atoms with E-state index in [9.17, 15) is 4.79 Å². The number of rotatable bonds is 3. The number of carbonyl (C=O) groups excluding carboxylic acids is 1. The Bertz CT molecular complexity index is 235. The third-order valence-corrected chi connectivity index (χ3v) is 2.62. The van der Waals surface area contributed by atoms with E-state index < -0.39 is 0 Å². The molecule has 12 heavy (non-hydrogen) atoms. The maximum absolute atomic E-state index is 10.6. The van der Waals surface area contributed by atoms with Crippen molar-refractivity contribution < 1.29 is 4.79 Å². The number of hydrogen-bond acceptors (Lipinski definition) is 1. The molecule has 0 fully saturated rings. The van der Waals surface area contributed by atoms with Crippen LogP contribution in [0.25, 0.3) is 0 Å². The Kier molecular flexibility index (Phi) is 2.85. The summed E-state index contributed by atoms with van der Waals surface area (Å²) in [6.45, 7) is 8.01. The second-order valence-corrected chi connectivity index (χ2v) is 3.72. The first-order valence-corrected chi connectivity index (χ1v) is 4.44. The Balaban J connectivity index is 2.66. The molecule has 1 aliphatic rings. The molecule has 1 aliphatic carbocycles. The van der Waals surface area contributed by atoms with Gasteiger partial charge in [0.1, 0.15) is 6.29 Å². The van der Waals surface area contributed by atoms with Crippen molar-refractivity contribution >= 4 is 6.29 Å². The van der Waals surface area contributed by atoms with Crippen molar-refractivity contribution in [2.75, 3.05) is 0 Å². The molecular formula is C11H16O. The maximum Gasteiger partial charge on any atom is 0.145 e. The van der Waals surface area contributed by atoms with E-state index in [0.717, 1.165) is 31.1 Å². The van der Waals surface area contributed by atoms with E-state index in [0.29, 0.717) is 5.92 Å². The van der Waals surface area contributed by atoms with Crippen molar-refractivity contribution in [3.8, 4) is 0 Å². The van der Waals surface area contributed by atoms with Crippen molar-refractivity contribution in [1.82, 2.24) is 0 Å². The highest BCUT2D eigenvalue weighted by Crippen LogP contribution is 2.34. The van der Waals surface area contributed by atoms with Gasteiger partial charge in [0.05, 0.1) is 0 Å². The molecule has 0 amide bonds. The van der Waals surface area contributed by atoms with Gasteiger partial charge in [-0.1, -0.05) is 11.1 Å². The Morgan fingerprint density at radius 2 is 2.42 bits per heavy atom. The maximum atomic E-state index is 10.6. The Labute approximate surface area is 74.2 Å². The van der Waals surface area contributed by atoms with Gasteiger partial charge in [-0.3, -0.25) is 4.79 Å². The van der Waals surface area contributed by atoms with E-state index in [1.807, 2.05) is 6.92 Å². The summed E-state index contributed by atoms with van der Waals surface area (Å²) < 4.78 is 0. The summed E-state index contributed by atoms with van der Waals surface area (Å²) in [4.78, 5) is 10.6. The van der Waals surface area contributed by atoms with Gasteiger partial charge in [0, 0.05) is 0 Å². The molecule has 1 atom stereocenters. The molecule has 0 saturated heterocycles. The monoisotopic (exact) mass is 164 g/mol. The van der Waals surface area contributed by atoms with Crippen LogP contribution in [-0.4, -0.2) is 6.29 Å². The van der Waals surface area contributed by atoms with Crippen LogP contribution in [0, 0.1) is 5.92 Å². The van der Waals surface area contributed by atoms with E-state index in [4.69, 9.17) is 0 Å². The molecule has 0 bridgehead atoms. The van der Waals surface area contributed by atoms with Crippen molar-refractivity contribution in [3.05, 3.63) is 23.3 Å². The second kappa shape index (κ2) is 3.70. The lowest BCUT2D eigenvalue weighted by Gasteiger charge is -2.10. The summed E-state index contributed by atoms with van der Waals surface area (Å²) in [5, 5.41) is 0. The molecule has 0 heterocycles. The van der Waals surface area contributed by atoms with E-state index in [-0.39, 0.29) is 0 Å². The summed E-state index contributed by atoms with van der Waals surface area (Å²) in [5.41, 5.74) is 3.51. The van der Waals surface area contributed by atoms with Crippen molar-refractivity contribution in [2.45, 2.75) is 33.1 Å². The van der Waals surface area contributed by atoms with Crippen LogP contribution in [0.3, 0.4) is 0 Å². The van der Waals surface area contributed by atoms with E-state index in [1.54, 1.807) is 0 Å². The van der Waals surface area contributed by atoms with Crippen LogP contribution in [-0.2, 0) is 4.79 Å². The SMILES string of the molecule is C=C(C)CC1CCC(C=O)=C1C. The number of allylic oxidation sites excluding steroid dienone is 3. The van der Waals surface area contributed by atoms with Crippen molar-refractivity contribution in [1.29, 1.82) is 0 Å². The van der Waals surface area contributed by atoms with Crippen molar-refractivity contribution in [2.24, 2.45) is 5.92 Å². The van der Waals surface area contributed by atoms with Gasteiger partial charge in [-0.05, 0) is 44.6 Å². The summed E-state index contributed by atoms with van der Waals surface area (Å²) in [5.74, 6) is 0.586. The van der Waals surface area contributed by atoms with Gasteiger partial charge in [0.2, 0.25) is 0 Å². The summed E-state index contributed by atoms with van der Waals surface area (Å²) in [6.07, 6.45) is 4.15. The van der Waals surface area contributed by atoms with Gasteiger partial charge in [-0.2, -0.15) is 0 Å². The summed E-state index contributed by atoms with van der Waals surface area (Å²) >= 11 is 0. The van der Waals surface area contributed by atoms with E-state index >= 15 is 0 Å². The van der Waals surface area contributed by atoms with Gasteiger partial charge in [0.25, 0.3) is 0 Å². The van der Waals surface area contributed by atoms with Crippen LogP contribution < -0.4 is 0 Å². The second-order valence-electron chi connectivity index (χ2n) is 3.72. The predicted molar refractivity (Wildman–Crippen MR) is 50.9 cm³/mol. The highest BCUT2D eigenvalue weighted by Gasteiger charge is 2.21. The predicted octanol–water partition coefficient (Wildman–Crippen LogP) is 2.88. The van der Waals surface area contributed by atoms with Gasteiger partial charge in [0.15, 0.2) is 0 Å². The summed E-state index contributed by atoms with van der Waals surface area (Å²) in [6, 6.07) is 0. The zero-order valence-electron chi connectivity index (χ0n) is 7.89. The molecule has 0 saturated carbocycles. The zero-order valence-corrected chi connectivity index (χ0v) is 7.89. The van der Waals surface area contributed by atoms with Gasteiger partial charge < -0.3 is 0 Å². The molecule has 0 aromatic carbocycles. The van der Waals surface area contributed by atoms with Crippen LogP contribution in [0.5, 0.6) is 0 Å². The smallest absolute Gasteiger partial charge is 0.145 e. The lowest BCUT2D eigenvalue weighted by Crippen LogP contribution is -1.97. The van der Waals surface area contributed by atoms with Gasteiger partial charge in [-0.15, -0.1) is 6.58 Å². The molecule has 0 radical (unpaired) electrons. The third kappa shape index (κ3) is 1.84. The molecular weight excluding hydrogens is 148 g/mol. The standard InChI is InChI=1S/C11H16O/c1-8(2)6-10-4-5-11(7-12)9(10)3/h7,10H,1,4-6H2,2-3H3. The minimum Gasteiger partial charge on any atom is -0.298 e. The quantitative estimate of drug-likeness (QED) is 0.463. The molecule has 0 N–H and O–H groups in total. The molecule has 0 aliphatic heterocycles. The first kappa shape index (κ1) is 9.24. The molecule has 1 heteroatoms. The number of hydrogen-bond donors (Lipinski definition) is 0. The zero-order chi connectivity index (χ0) is 9.14. The Morgan fingerprint density at radius 1 is 1.75 bits per heavy atom. The van der Waals surface area contributed by atoms with Gasteiger partial charge in [-0.25, -0.2) is 0 Å². The highest BCUT2D eigenvalue weighted by molar-refractivity contribution is 5.75. The van der Waals surface area contributed by atoms with Crippen LogP contribution in [0.2, 0.25) is 0 Å². The van der Waals surface area contributed by atoms with E-state index in [2.05, 4.69) is 13.5 Å². The van der Waals surface area contributed by atoms with Gasteiger partial charge >= 0.3 is 0 Å². The molecule has 1 unspecified atom stereocenters. The minimum absolute atomic E-state index is 0.586. The molecule has 1 rings (SSSR count). The van der Waals surface area contributed by atoms with Crippen LogP contribution >= 0.6 is 0 Å². The fourth-order valence-electron chi connectivity index (χ4n) is 1.83. The average Bonchev–Trinajstić information content (AvgIpc) is 2.32. The molecule has 66 valence electrons. The molecule has 0 spiro atoms. The lowest BCUT2D eigenvalue weighted by atomic mass is 9.95. The first-order chi connectivity index (χ1) is 5.65. The van der Waals surface area contributed by atoms with Crippen LogP contribution in [0.15, 0.2) is 23.3 Å². The van der Waals surface area contributed by atoms with Crippen LogP contribution in [0.1, 0.15) is 33.1 Å². The Morgan fingerprint density at radius 3 is 2.83 bits per heavy atom. The number of carbonyl (C=O) groups is 1. The minimum atomic E-state index is 0.586. The topological polar surface area (TPSA) is 17.1 Å². The van der Waals surface area contributed by atoms with Crippen LogP contribution in [0.4, 0.5) is 0 Å². The largest absolute Gasteiger partial charge is 0.298 e.